The Kier molecular flexibility index (Phi) is 3.50. The minimum Gasteiger partial charge on any atom is -0.379 e. The van der Waals surface area contributed by atoms with Crippen molar-refractivity contribution < 1.29 is 17.9 Å². The highest BCUT2D eigenvalue weighted by Gasteiger charge is 2.43. The summed E-state index contributed by atoms with van der Waals surface area (Å²) in [6, 6.07) is -0.244. The molecule has 1 N–H and O–H groups in total. The number of halogens is 3. The van der Waals surface area contributed by atoms with Crippen LogP contribution < -0.4 is 5.32 Å². The molecule has 0 spiro atoms. The lowest BCUT2D eigenvalue weighted by Gasteiger charge is -2.26. The van der Waals surface area contributed by atoms with Crippen LogP contribution >= 0.6 is 0 Å². The lowest BCUT2D eigenvalue weighted by atomic mass is 10.1. The molecule has 0 bridgehead atoms. The normalized spacial score (nSPS) is 26.8. The summed E-state index contributed by atoms with van der Waals surface area (Å²) in [7, 11) is 1.57. The van der Waals surface area contributed by atoms with Gasteiger partial charge in [0.2, 0.25) is 5.82 Å². The van der Waals surface area contributed by atoms with Crippen molar-refractivity contribution in [2.75, 3.05) is 13.7 Å². The first-order valence-electron chi connectivity index (χ1n) is 6.93. The molecule has 1 aromatic rings. The van der Waals surface area contributed by atoms with Crippen molar-refractivity contribution in [1.29, 1.82) is 0 Å². The number of imidazole rings is 1. The lowest BCUT2D eigenvalue weighted by molar-refractivity contribution is -0.148. The molecule has 2 atom stereocenters. The van der Waals surface area contributed by atoms with Gasteiger partial charge in [0.15, 0.2) is 0 Å². The van der Waals surface area contributed by atoms with E-state index in [1.54, 1.807) is 7.11 Å². The van der Waals surface area contributed by atoms with Gasteiger partial charge in [-0.05, 0) is 19.3 Å². The number of aromatic nitrogens is 2. The number of alkyl halides is 3. The van der Waals surface area contributed by atoms with Gasteiger partial charge in [0, 0.05) is 32.3 Å². The van der Waals surface area contributed by atoms with E-state index in [9.17, 15) is 13.2 Å². The Morgan fingerprint density at radius 3 is 2.85 bits per heavy atom. The number of nitrogens with one attached hydrogen (secondary N) is 1. The number of fused-ring (bicyclic) bond motifs is 1. The molecule has 0 saturated heterocycles. The molecular formula is C13H18F3N3O. The first-order valence-corrected chi connectivity index (χ1v) is 6.93. The Morgan fingerprint density at radius 2 is 2.15 bits per heavy atom. The van der Waals surface area contributed by atoms with Gasteiger partial charge in [-0.15, -0.1) is 0 Å². The molecular weight excluding hydrogens is 271 g/mol. The van der Waals surface area contributed by atoms with Gasteiger partial charge >= 0.3 is 6.18 Å². The number of hydrogen-bond acceptors (Lipinski definition) is 3. The van der Waals surface area contributed by atoms with Gasteiger partial charge in [-0.1, -0.05) is 0 Å². The second-order valence-corrected chi connectivity index (χ2v) is 5.40. The highest BCUT2D eigenvalue weighted by molar-refractivity contribution is 5.23. The van der Waals surface area contributed by atoms with Crippen molar-refractivity contribution in [2.24, 2.45) is 0 Å². The standard InChI is InChI=1S/C13H18F3N3O/c1-20-11-4-2-3-10(11)19-9-5-6-17-7-8(9)18-12(19)13(14,15)16/h10-11,17H,2-7H2,1H3. The molecule has 20 heavy (non-hydrogen) atoms. The summed E-state index contributed by atoms with van der Waals surface area (Å²) in [5.74, 6) is -0.764. The van der Waals surface area contributed by atoms with Crippen LogP contribution in [0.5, 0.6) is 0 Å². The maximum atomic E-state index is 13.3. The number of ether oxygens (including phenoxy) is 1. The lowest BCUT2D eigenvalue weighted by Crippen LogP contribution is -2.30. The van der Waals surface area contributed by atoms with E-state index in [4.69, 9.17) is 4.74 Å². The third-order valence-electron chi connectivity index (χ3n) is 4.23. The van der Waals surface area contributed by atoms with Crippen molar-refractivity contribution in [1.82, 2.24) is 14.9 Å². The Bertz CT molecular complexity index is 498. The highest BCUT2D eigenvalue weighted by Crippen LogP contribution is 2.40. The molecule has 7 heteroatoms. The molecule has 1 fully saturated rings. The fourth-order valence-electron chi connectivity index (χ4n) is 3.37. The van der Waals surface area contributed by atoms with Gasteiger partial charge in [0.1, 0.15) is 0 Å². The molecule has 1 saturated carbocycles. The SMILES string of the molecule is COC1CCCC1n1c(C(F)(F)F)nc2c1CCNC2. The van der Waals surface area contributed by atoms with E-state index in [1.165, 1.54) is 4.57 Å². The first-order chi connectivity index (χ1) is 9.52. The molecule has 0 aromatic carbocycles. The number of nitrogens with zero attached hydrogens (tertiary/aromatic N) is 2. The maximum absolute atomic E-state index is 13.3. The summed E-state index contributed by atoms with van der Waals surface area (Å²) >= 11 is 0. The van der Waals surface area contributed by atoms with Crippen LogP contribution in [0.3, 0.4) is 0 Å². The second kappa shape index (κ2) is 5.04. The Balaban J connectivity index is 2.09. The smallest absolute Gasteiger partial charge is 0.379 e. The summed E-state index contributed by atoms with van der Waals surface area (Å²) in [5, 5.41) is 3.07. The van der Waals surface area contributed by atoms with Crippen molar-refractivity contribution in [3.8, 4) is 0 Å². The molecule has 1 aliphatic carbocycles. The zero-order valence-corrected chi connectivity index (χ0v) is 11.3. The van der Waals surface area contributed by atoms with Gasteiger partial charge in [0.25, 0.3) is 0 Å². The van der Waals surface area contributed by atoms with Gasteiger partial charge in [-0.3, -0.25) is 0 Å². The predicted octanol–water partition coefficient (Wildman–Crippen LogP) is 2.29. The van der Waals surface area contributed by atoms with Gasteiger partial charge < -0.3 is 14.6 Å². The number of methoxy groups -OCH3 is 1. The first kappa shape index (κ1) is 13.9. The summed E-state index contributed by atoms with van der Waals surface area (Å²) in [6.07, 6.45) is -1.55. The zero-order valence-electron chi connectivity index (χ0n) is 11.3. The average molecular weight is 289 g/mol. The monoisotopic (exact) mass is 289 g/mol. The number of hydrogen-bond donors (Lipinski definition) is 1. The molecule has 3 rings (SSSR count). The van der Waals surface area contributed by atoms with Crippen LogP contribution in [-0.2, 0) is 23.9 Å². The van der Waals surface area contributed by atoms with Crippen molar-refractivity contribution in [3.05, 3.63) is 17.2 Å². The maximum Gasteiger partial charge on any atom is 0.449 e. The van der Waals surface area contributed by atoms with E-state index < -0.39 is 12.0 Å². The third kappa shape index (κ3) is 2.22. The second-order valence-electron chi connectivity index (χ2n) is 5.40. The van der Waals surface area contributed by atoms with Crippen molar-refractivity contribution in [2.45, 2.75) is 50.6 Å². The van der Waals surface area contributed by atoms with Crippen LogP contribution in [0.2, 0.25) is 0 Å². The van der Waals surface area contributed by atoms with E-state index in [0.29, 0.717) is 25.2 Å². The molecule has 1 aliphatic heterocycles. The largest absolute Gasteiger partial charge is 0.449 e. The van der Waals surface area contributed by atoms with Crippen LogP contribution in [0.25, 0.3) is 0 Å². The minimum absolute atomic E-state index is 0.149. The van der Waals surface area contributed by atoms with Crippen LogP contribution in [-0.4, -0.2) is 29.3 Å². The molecule has 1 aromatic heterocycles. The van der Waals surface area contributed by atoms with E-state index >= 15 is 0 Å². The summed E-state index contributed by atoms with van der Waals surface area (Å²) in [5.41, 5.74) is 1.26. The molecule has 0 amide bonds. The van der Waals surface area contributed by atoms with E-state index in [0.717, 1.165) is 25.0 Å². The molecule has 0 radical (unpaired) electrons. The fourth-order valence-corrected chi connectivity index (χ4v) is 3.37. The predicted molar refractivity (Wildman–Crippen MR) is 66.3 cm³/mol. The average Bonchev–Trinajstić information content (AvgIpc) is 3.01. The third-order valence-corrected chi connectivity index (χ3v) is 4.23. The van der Waals surface area contributed by atoms with Crippen molar-refractivity contribution >= 4 is 0 Å². The van der Waals surface area contributed by atoms with E-state index in [2.05, 4.69) is 10.3 Å². The van der Waals surface area contributed by atoms with Crippen molar-refractivity contribution in [3.63, 3.8) is 0 Å². The topological polar surface area (TPSA) is 39.1 Å². The van der Waals surface area contributed by atoms with Gasteiger partial charge in [0.05, 0.1) is 17.8 Å². The van der Waals surface area contributed by atoms with Gasteiger partial charge in [-0.25, -0.2) is 4.98 Å². The highest BCUT2D eigenvalue weighted by atomic mass is 19.4. The summed E-state index contributed by atoms with van der Waals surface area (Å²) < 4.78 is 46.6. The zero-order chi connectivity index (χ0) is 14.3. The minimum atomic E-state index is -4.42. The van der Waals surface area contributed by atoms with Crippen LogP contribution in [0.4, 0.5) is 13.2 Å². The van der Waals surface area contributed by atoms with Crippen LogP contribution in [0.15, 0.2) is 0 Å². The Labute approximate surface area is 115 Å². The summed E-state index contributed by atoms with van der Waals surface area (Å²) in [6.45, 7) is 1.11. The van der Waals surface area contributed by atoms with Crippen LogP contribution in [0.1, 0.15) is 42.5 Å². The van der Waals surface area contributed by atoms with E-state index in [-0.39, 0.29) is 12.1 Å². The number of rotatable bonds is 2. The molecule has 2 aliphatic rings. The Hall–Kier alpha value is -1.08. The quantitative estimate of drug-likeness (QED) is 0.908. The molecule has 4 nitrogen and oxygen atoms in total. The molecule has 2 heterocycles. The fraction of sp³-hybridized carbons (Fsp3) is 0.769. The van der Waals surface area contributed by atoms with Gasteiger partial charge in [-0.2, -0.15) is 13.2 Å². The summed E-state index contributed by atoms with van der Waals surface area (Å²) in [4.78, 5) is 3.86. The molecule has 112 valence electrons. The van der Waals surface area contributed by atoms with E-state index in [1.807, 2.05) is 0 Å². The molecule has 2 unspecified atom stereocenters. The Morgan fingerprint density at radius 1 is 1.35 bits per heavy atom. The van der Waals surface area contributed by atoms with Crippen LogP contribution in [0, 0.1) is 0 Å².